The number of ether oxygens (including phenoxy) is 1. The first kappa shape index (κ1) is 16.5. The van der Waals surface area contributed by atoms with Crippen LogP contribution in [0, 0.1) is 6.92 Å². The largest absolute Gasteiger partial charge is 0.383 e. The quantitative estimate of drug-likeness (QED) is 0.842. The lowest BCUT2D eigenvalue weighted by atomic mass is 10.0. The molecule has 114 valence electrons. The molecule has 1 heterocycles. The summed E-state index contributed by atoms with van der Waals surface area (Å²) in [4.78, 5) is 0. The molecule has 0 fully saturated rings. The highest BCUT2D eigenvalue weighted by atomic mass is 79.9. The average molecular weight is 373 g/mol. The van der Waals surface area contributed by atoms with E-state index >= 15 is 0 Å². The zero-order valence-electron chi connectivity index (χ0n) is 12.4. The third-order valence-corrected chi connectivity index (χ3v) is 4.38. The van der Waals surface area contributed by atoms with Gasteiger partial charge in [-0.2, -0.15) is 5.10 Å². The van der Waals surface area contributed by atoms with Crippen molar-refractivity contribution >= 4 is 27.5 Å². The Morgan fingerprint density at radius 2 is 2.24 bits per heavy atom. The Bertz CT molecular complexity index is 615. The normalized spacial score (nSPS) is 12.6. The molecule has 6 heteroatoms. The molecule has 0 saturated carbocycles. The predicted octanol–water partition coefficient (Wildman–Crippen LogP) is 3.56. The van der Waals surface area contributed by atoms with Gasteiger partial charge in [0.05, 0.1) is 36.1 Å². The monoisotopic (exact) mass is 371 g/mol. The zero-order chi connectivity index (χ0) is 15.4. The highest BCUT2D eigenvalue weighted by Gasteiger charge is 2.22. The lowest BCUT2D eigenvalue weighted by molar-refractivity contribution is 0.182. The van der Waals surface area contributed by atoms with Gasteiger partial charge in [-0.15, -0.1) is 0 Å². The molecule has 1 aromatic heterocycles. The number of aryl methyl sites for hydroxylation is 1. The number of nitrogens with one attached hydrogen (secondary N) is 1. The minimum Gasteiger partial charge on any atom is -0.383 e. The number of hydrogen-bond acceptors (Lipinski definition) is 3. The summed E-state index contributed by atoms with van der Waals surface area (Å²) in [5.74, 6) is 0. The van der Waals surface area contributed by atoms with E-state index in [2.05, 4.69) is 51.5 Å². The highest BCUT2D eigenvalue weighted by Crippen LogP contribution is 2.32. The van der Waals surface area contributed by atoms with Crippen molar-refractivity contribution in [2.45, 2.75) is 19.5 Å². The van der Waals surface area contributed by atoms with E-state index in [1.54, 1.807) is 13.3 Å². The topological polar surface area (TPSA) is 39.1 Å². The SMILES string of the molecule is CNC(c1cc(C)ccc1Br)c1c(Cl)cnn1CCOC. The van der Waals surface area contributed by atoms with Crippen LogP contribution in [0.4, 0.5) is 0 Å². The molecule has 0 aliphatic carbocycles. The van der Waals surface area contributed by atoms with Crippen LogP contribution in [0.1, 0.15) is 22.9 Å². The fourth-order valence-corrected chi connectivity index (χ4v) is 3.06. The fraction of sp³-hybridized carbons (Fsp3) is 0.400. The third kappa shape index (κ3) is 3.66. The molecule has 2 aromatic rings. The molecular weight excluding hydrogens is 354 g/mol. The Balaban J connectivity index is 2.46. The molecule has 4 nitrogen and oxygen atoms in total. The summed E-state index contributed by atoms with van der Waals surface area (Å²) < 4.78 is 8.07. The van der Waals surface area contributed by atoms with Crippen molar-refractivity contribution in [3.63, 3.8) is 0 Å². The zero-order valence-corrected chi connectivity index (χ0v) is 14.7. The van der Waals surface area contributed by atoms with E-state index in [0.717, 1.165) is 15.7 Å². The minimum absolute atomic E-state index is 0.0360. The number of methoxy groups -OCH3 is 1. The van der Waals surface area contributed by atoms with Crippen molar-refractivity contribution in [2.24, 2.45) is 0 Å². The molecule has 0 saturated heterocycles. The first-order valence-corrected chi connectivity index (χ1v) is 7.89. The molecule has 21 heavy (non-hydrogen) atoms. The van der Waals surface area contributed by atoms with Crippen molar-refractivity contribution in [2.75, 3.05) is 20.8 Å². The number of aromatic nitrogens is 2. The third-order valence-electron chi connectivity index (χ3n) is 3.37. The summed E-state index contributed by atoms with van der Waals surface area (Å²) in [6.07, 6.45) is 1.68. The van der Waals surface area contributed by atoms with Crippen LogP contribution < -0.4 is 5.32 Å². The van der Waals surface area contributed by atoms with Crippen LogP contribution in [0.3, 0.4) is 0 Å². The van der Waals surface area contributed by atoms with Crippen molar-refractivity contribution in [3.8, 4) is 0 Å². The molecule has 0 aliphatic heterocycles. The van der Waals surface area contributed by atoms with E-state index in [-0.39, 0.29) is 6.04 Å². The number of nitrogens with zero attached hydrogens (tertiary/aromatic N) is 2. The van der Waals surface area contributed by atoms with Gasteiger partial charge in [0.25, 0.3) is 0 Å². The minimum atomic E-state index is -0.0360. The van der Waals surface area contributed by atoms with Crippen molar-refractivity contribution in [1.82, 2.24) is 15.1 Å². The molecule has 1 atom stereocenters. The molecule has 1 unspecified atom stereocenters. The first-order valence-electron chi connectivity index (χ1n) is 6.72. The summed E-state index contributed by atoms with van der Waals surface area (Å²) >= 11 is 9.98. The lowest BCUT2D eigenvalue weighted by Crippen LogP contribution is -2.23. The van der Waals surface area contributed by atoms with Gasteiger partial charge < -0.3 is 10.1 Å². The molecule has 1 N–H and O–H groups in total. The summed E-state index contributed by atoms with van der Waals surface area (Å²) in [7, 11) is 3.60. The van der Waals surface area contributed by atoms with E-state index < -0.39 is 0 Å². The van der Waals surface area contributed by atoms with Crippen LogP contribution in [0.25, 0.3) is 0 Å². The van der Waals surface area contributed by atoms with Gasteiger partial charge in [-0.3, -0.25) is 4.68 Å². The van der Waals surface area contributed by atoms with Crippen LogP contribution in [0.5, 0.6) is 0 Å². The summed E-state index contributed by atoms with van der Waals surface area (Å²) in [6, 6.07) is 6.24. The standard InChI is InChI=1S/C15H19BrClN3O/c1-10-4-5-12(16)11(8-10)14(18-2)15-13(17)9-19-20(15)6-7-21-3/h4-5,8-9,14,18H,6-7H2,1-3H3. The molecule has 0 amide bonds. The number of rotatable bonds is 6. The second kappa shape index (κ2) is 7.40. The van der Waals surface area contributed by atoms with Gasteiger partial charge in [0.2, 0.25) is 0 Å². The Morgan fingerprint density at radius 1 is 1.48 bits per heavy atom. The van der Waals surface area contributed by atoms with Crippen LogP contribution in [-0.2, 0) is 11.3 Å². The number of halogens is 2. The van der Waals surface area contributed by atoms with E-state index in [9.17, 15) is 0 Å². The van der Waals surface area contributed by atoms with Crippen LogP contribution in [-0.4, -0.2) is 30.5 Å². The fourth-order valence-electron chi connectivity index (χ4n) is 2.34. The van der Waals surface area contributed by atoms with Crippen molar-refractivity contribution < 1.29 is 4.74 Å². The first-order chi connectivity index (χ1) is 10.1. The van der Waals surface area contributed by atoms with Gasteiger partial charge >= 0.3 is 0 Å². The van der Waals surface area contributed by atoms with E-state index in [1.165, 1.54) is 5.56 Å². The molecule has 0 aliphatic rings. The maximum atomic E-state index is 6.36. The molecule has 0 radical (unpaired) electrons. The Morgan fingerprint density at radius 3 is 2.90 bits per heavy atom. The van der Waals surface area contributed by atoms with Gasteiger partial charge in [-0.25, -0.2) is 0 Å². The highest BCUT2D eigenvalue weighted by molar-refractivity contribution is 9.10. The summed E-state index contributed by atoms with van der Waals surface area (Å²) in [5, 5.41) is 8.33. The number of benzene rings is 1. The second-order valence-corrected chi connectivity index (χ2v) is 6.10. The van der Waals surface area contributed by atoms with Gasteiger partial charge in [0, 0.05) is 11.6 Å². The molecule has 0 bridgehead atoms. The molecule has 2 rings (SSSR count). The second-order valence-electron chi connectivity index (χ2n) is 4.84. The Kier molecular flexibility index (Phi) is 5.81. The molecular formula is C15H19BrClN3O. The summed E-state index contributed by atoms with van der Waals surface area (Å²) in [6.45, 7) is 3.34. The van der Waals surface area contributed by atoms with Crippen LogP contribution in [0.2, 0.25) is 5.02 Å². The van der Waals surface area contributed by atoms with E-state index in [0.29, 0.717) is 18.2 Å². The Labute approximate surface area is 138 Å². The smallest absolute Gasteiger partial charge is 0.0837 e. The average Bonchev–Trinajstić information content (AvgIpc) is 2.83. The Hall–Kier alpha value is -0.880. The lowest BCUT2D eigenvalue weighted by Gasteiger charge is -2.21. The van der Waals surface area contributed by atoms with E-state index in [4.69, 9.17) is 16.3 Å². The maximum Gasteiger partial charge on any atom is 0.0837 e. The predicted molar refractivity (Wildman–Crippen MR) is 88.9 cm³/mol. The number of hydrogen-bond donors (Lipinski definition) is 1. The molecule has 1 aromatic carbocycles. The summed E-state index contributed by atoms with van der Waals surface area (Å²) in [5.41, 5.74) is 3.29. The van der Waals surface area contributed by atoms with E-state index in [1.807, 2.05) is 11.7 Å². The van der Waals surface area contributed by atoms with Crippen LogP contribution in [0.15, 0.2) is 28.9 Å². The molecule has 0 spiro atoms. The van der Waals surface area contributed by atoms with Gasteiger partial charge in [0.15, 0.2) is 0 Å². The van der Waals surface area contributed by atoms with Crippen molar-refractivity contribution in [1.29, 1.82) is 0 Å². The maximum absolute atomic E-state index is 6.36. The van der Waals surface area contributed by atoms with Gasteiger partial charge in [0.1, 0.15) is 0 Å². The van der Waals surface area contributed by atoms with Gasteiger partial charge in [-0.1, -0.05) is 45.2 Å². The van der Waals surface area contributed by atoms with Crippen molar-refractivity contribution in [3.05, 3.63) is 50.7 Å². The van der Waals surface area contributed by atoms with Crippen LogP contribution >= 0.6 is 27.5 Å². The van der Waals surface area contributed by atoms with Gasteiger partial charge in [-0.05, 0) is 25.6 Å².